The molecule has 3 N–H and O–H groups in total. The zero-order chi connectivity index (χ0) is 14.3. The van der Waals surface area contributed by atoms with E-state index in [2.05, 4.69) is 10.6 Å². The van der Waals surface area contributed by atoms with Crippen LogP contribution in [0.15, 0.2) is 0 Å². The van der Waals surface area contributed by atoms with E-state index in [9.17, 15) is 9.59 Å². The summed E-state index contributed by atoms with van der Waals surface area (Å²) in [6.07, 6.45) is 3.80. The van der Waals surface area contributed by atoms with Gasteiger partial charge in [0.1, 0.15) is 6.04 Å². The summed E-state index contributed by atoms with van der Waals surface area (Å²) in [5.41, 5.74) is -0.315. The maximum atomic E-state index is 11.9. The molecule has 1 atom stereocenters. The first-order valence-electron chi connectivity index (χ1n) is 6.35. The van der Waals surface area contributed by atoms with Gasteiger partial charge in [-0.05, 0) is 38.2 Å². The molecule has 0 bridgehead atoms. The Balaban J connectivity index is 2.45. The Kier molecular flexibility index (Phi) is 6.44. The Hall–Kier alpha value is -0.950. The maximum Gasteiger partial charge on any atom is 0.326 e. The highest BCUT2D eigenvalue weighted by Crippen LogP contribution is 2.19. The molecule has 0 unspecified atom stereocenters. The number of aliphatic carboxylic acids is 1. The number of rotatable bonds is 6. The molecule has 19 heavy (non-hydrogen) atoms. The lowest BCUT2D eigenvalue weighted by Crippen LogP contribution is -2.55. The van der Waals surface area contributed by atoms with Gasteiger partial charge >= 0.3 is 12.0 Å². The van der Waals surface area contributed by atoms with Crippen LogP contribution >= 0.6 is 11.8 Å². The van der Waals surface area contributed by atoms with E-state index in [0.29, 0.717) is 25.4 Å². The van der Waals surface area contributed by atoms with Crippen molar-refractivity contribution in [1.29, 1.82) is 0 Å². The molecule has 0 spiro atoms. The van der Waals surface area contributed by atoms with Gasteiger partial charge in [0.05, 0.1) is 0 Å². The van der Waals surface area contributed by atoms with Crippen molar-refractivity contribution in [3.05, 3.63) is 0 Å². The van der Waals surface area contributed by atoms with E-state index < -0.39 is 18.0 Å². The summed E-state index contributed by atoms with van der Waals surface area (Å²) in [5, 5.41) is 14.4. The van der Waals surface area contributed by atoms with E-state index in [1.165, 1.54) is 0 Å². The van der Waals surface area contributed by atoms with Crippen LogP contribution < -0.4 is 10.6 Å². The summed E-state index contributed by atoms with van der Waals surface area (Å²) >= 11 is 1.56. The molecule has 1 fully saturated rings. The van der Waals surface area contributed by atoms with Crippen LogP contribution in [0, 0.1) is 0 Å². The molecule has 1 saturated heterocycles. The third-order valence-corrected chi connectivity index (χ3v) is 3.87. The predicted octanol–water partition coefficient (Wildman–Crippen LogP) is 1.06. The molecule has 0 aromatic heterocycles. The molecule has 0 aromatic rings. The summed E-state index contributed by atoms with van der Waals surface area (Å²) in [6.45, 7) is 3.18. The first-order chi connectivity index (χ1) is 8.97. The molecule has 1 aliphatic rings. The van der Waals surface area contributed by atoms with Gasteiger partial charge < -0.3 is 20.5 Å². The highest BCUT2D eigenvalue weighted by molar-refractivity contribution is 7.98. The molecule has 110 valence electrons. The predicted molar refractivity (Wildman–Crippen MR) is 74.5 cm³/mol. The van der Waals surface area contributed by atoms with Crippen LogP contribution in [-0.2, 0) is 9.53 Å². The first-order valence-corrected chi connectivity index (χ1v) is 7.74. The highest BCUT2D eigenvalue weighted by atomic mass is 32.2. The lowest BCUT2D eigenvalue weighted by atomic mass is 9.93. The summed E-state index contributed by atoms with van der Waals surface area (Å²) in [4.78, 5) is 22.9. The van der Waals surface area contributed by atoms with Crippen molar-refractivity contribution in [1.82, 2.24) is 10.6 Å². The van der Waals surface area contributed by atoms with Crippen LogP contribution in [0.5, 0.6) is 0 Å². The summed E-state index contributed by atoms with van der Waals surface area (Å²) in [7, 11) is 0. The smallest absolute Gasteiger partial charge is 0.326 e. The Morgan fingerprint density at radius 1 is 1.42 bits per heavy atom. The van der Waals surface area contributed by atoms with Gasteiger partial charge in [-0.2, -0.15) is 11.8 Å². The van der Waals surface area contributed by atoms with E-state index in [0.717, 1.165) is 12.8 Å². The van der Waals surface area contributed by atoms with Gasteiger partial charge in [0, 0.05) is 18.8 Å². The Labute approximate surface area is 117 Å². The number of hydrogen-bond acceptors (Lipinski definition) is 4. The number of carboxylic acids is 1. The van der Waals surface area contributed by atoms with Crippen molar-refractivity contribution in [2.75, 3.05) is 25.2 Å². The number of hydrogen-bond donors (Lipinski definition) is 3. The van der Waals surface area contributed by atoms with Crippen molar-refractivity contribution >= 4 is 23.8 Å². The van der Waals surface area contributed by atoms with Crippen molar-refractivity contribution in [2.24, 2.45) is 0 Å². The van der Waals surface area contributed by atoms with Gasteiger partial charge in [-0.15, -0.1) is 0 Å². The molecule has 1 heterocycles. The molecule has 7 heteroatoms. The SMILES string of the molecule is CSCC[C@H](NC(=O)NC1(C)CCOCC1)C(=O)O. The largest absolute Gasteiger partial charge is 0.480 e. The van der Waals surface area contributed by atoms with Gasteiger partial charge in [0.15, 0.2) is 0 Å². The number of thioether (sulfide) groups is 1. The summed E-state index contributed by atoms with van der Waals surface area (Å²) in [6, 6.07) is -1.26. The highest BCUT2D eigenvalue weighted by Gasteiger charge is 2.30. The lowest BCUT2D eigenvalue weighted by molar-refractivity contribution is -0.139. The minimum atomic E-state index is -0.999. The molecule has 2 amide bonds. The fourth-order valence-electron chi connectivity index (χ4n) is 1.91. The monoisotopic (exact) mass is 290 g/mol. The van der Waals surface area contributed by atoms with Crippen molar-refractivity contribution < 1.29 is 19.4 Å². The second-order valence-corrected chi connectivity index (χ2v) is 5.93. The van der Waals surface area contributed by atoms with E-state index in [1.54, 1.807) is 11.8 Å². The van der Waals surface area contributed by atoms with Crippen LogP contribution in [0.1, 0.15) is 26.2 Å². The standard InChI is InChI=1S/C12H22N2O4S/c1-12(4-6-18-7-5-12)14-11(17)13-9(10(15)16)3-8-19-2/h9H,3-8H2,1-2H3,(H,15,16)(H2,13,14,17)/t9-/m0/s1. The Morgan fingerprint density at radius 2 is 2.05 bits per heavy atom. The van der Waals surface area contributed by atoms with Crippen molar-refractivity contribution in [2.45, 2.75) is 37.8 Å². The van der Waals surface area contributed by atoms with Crippen LogP contribution in [-0.4, -0.2) is 53.9 Å². The molecule has 6 nitrogen and oxygen atoms in total. The maximum absolute atomic E-state index is 11.9. The van der Waals surface area contributed by atoms with Gasteiger partial charge in [-0.3, -0.25) is 0 Å². The molecule has 1 aliphatic heterocycles. The van der Waals surface area contributed by atoms with Crippen LogP contribution in [0.2, 0.25) is 0 Å². The van der Waals surface area contributed by atoms with Gasteiger partial charge in [-0.1, -0.05) is 0 Å². The van der Waals surface area contributed by atoms with Gasteiger partial charge in [-0.25, -0.2) is 9.59 Å². The first kappa shape index (κ1) is 16.1. The number of carboxylic acid groups (broad SMARTS) is 1. The summed E-state index contributed by atoms with van der Waals surface area (Å²) in [5.74, 6) is -0.302. The molecule has 1 rings (SSSR count). The normalized spacial score (nSPS) is 19.5. The molecule has 0 aromatic carbocycles. The molecule has 0 radical (unpaired) electrons. The minimum absolute atomic E-state index is 0.315. The fourth-order valence-corrected chi connectivity index (χ4v) is 2.38. The average Bonchev–Trinajstić information content (AvgIpc) is 2.34. The third-order valence-electron chi connectivity index (χ3n) is 3.23. The number of amides is 2. The second-order valence-electron chi connectivity index (χ2n) is 4.94. The van der Waals surface area contributed by atoms with Crippen molar-refractivity contribution in [3.63, 3.8) is 0 Å². The fraction of sp³-hybridized carbons (Fsp3) is 0.833. The van der Waals surface area contributed by atoms with Gasteiger partial charge in [0.25, 0.3) is 0 Å². The number of urea groups is 1. The molecular weight excluding hydrogens is 268 g/mol. The number of carbonyl (C=O) groups is 2. The van der Waals surface area contributed by atoms with Crippen molar-refractivity contribution in [3.8, 4) is 0 Å². The Bertz CT molecular complexity index is 319. The molecular formula is C12H22N2O4S. The third kappa shape index (κ3) is 5.69. The number of nitrogens with one attached hydrogen (secondary N) is 2. The van der Waals surface area contributed by atoms with Crippen LogP contribution in [0.3, 0.4) is 0 Å². The zero-order valence-corrected chi connectivity index (χ0v) is 12.2. The molecule has 0 saturated carbocycles. The lowest BCUT2D eigenvalue weighted by Gasteiger charge is -2.34. The number of ether oxygens (including phenoxy) is 1. The molecule has 0 aliphatic carbocycles. The zero-order valence-electron chi connectivity index (χ0n) is 11.4. The van der Waals surface area contributed by atoms with E-state index in [-0.39, 0.29) is 5.54 Å². The van der Waals surface area contributed by atoms with E-state index in [1.807, 2.05) is 13.2 Å². The number of carbonyl (C=O) groups excluding carboxylic acids is 1. The van der Waals surface area contributed by atoms with Crippen LogP contribution in [0.25, 0.3) is 0 Å². The average molecular weight is 290 g/mol. The topological polar surface area (TPSA) is 87.7 Å². The second kappa shape index (κ2) is 7.59. The quantitative estimate of drug-likeness (QED) is 0.681. The minimum Gasteiger partial charge on any atom is -0.480 e. The van der Waals surface area contributed by atoms with E-state index in [4.69, 9.17) is 9.84 Å². The van der Waals surface area contributed by atoms with E-state index >= 15 is 0 Å². The van der Waals surface area contributed by atoms with Gasteiger partial charge in [0.2, 0.25) is 0 Å². The Morgan fingerprint density at radius 3 is 2.58 bits per heavy atom. The van der Waals surface area contributed by atoms with Crippen LogP contribution in [0.4, 0.5) is 4.79 Å². The summed E-state index contributed by atoms with van der Waals surface area (Å²) < 4.78 is 5.25.